The summed E-state index contributed by atoms with van der Waals surface area (Å²) in [5, 5.41) is 6.48. The van der Waals surface area contributed by atoms with Crippen molar-refractivity contribution in [3.05, 3.63) is 24.3 Å². The molecule has 0 radical (unpaired) electrons. The molecule has 1 amide bonds. The lowest BCUT2D eigenvalue weighted by Crippen LogP contribution is -2.53. The van der Waals surface area contributed by atoms with E-state index in [1.165, 1.54) is 18.5 Å². The standard InChI is InChI=1S/C18H27N3O.ClH/c1-18(2)9-6-10-19-16(18)17(22)20-14-7-5-8-15(13-14)21-11-3-4-12-21;/h5,7-8,13,16,19H,3-4,6,9-12H2,1-2H3,(H,20,22);1H. The van der Waals surface area contributed by atoms with Crippen LogP contribution in [0.5, 0.6) is 0 Å². The third kappa shape index (κ3) is 4.18. The number of carbonyl (C=O) groups excluding carboxylic acids is 1. The normalized spacial score (nSPS) is 23.2. The molecule has 2 N–H and O–H groups in total. The van der Waals surface area contributed by atoms with E-state index in [-0.39, 0.29) is 29.8 Å². The number of carbonyl (C=O) groups is 1. The Morgan fingerprint density at radius 3 is 2.70 bits per heavy atom. The minimum absolute atomic E-state index is 0. The van der Waals surface area contributed by atoms with Crippen molar-refractivity contribution in [3.8, 4) is 0 Å². The Balaban J connectivity index is 0.00000192. The van der Waals surface area contributed by atoms with Gasteiger partial charge >= 0.3 is 0 Å². The molecule has 2 saturated heterocycles. The Kier molecular flexibility index (Phi) is 5.93. The van der Waals surface area contributed by atoms with Gasteiger partial charge in [0.1, 0.15) is 0 Å². The predicted molar refractivity (Wildman–Crippen MR) is 98.6 cm³/mol. The summed E-state index contributed by atoms with van der Waals surface area (Å²) in [7, 11) is 0. The average Bonchev–Trinajstić information content (AvgIpc) is 3.01. The Labute approximate surface area is 145 Å². The van der Waals surface area contributed by atoms with E-state index in [4.69, 9.17) is 0 Å². The molecule has 2 aliphatic rings. The highest BCUT2D eigenvalue weighted by molar-refractivity contribution is 5.95. The fourth-order valence-corrected chi connectivity index (χ4v) is 3.63. The Morgan fingerprint density at radius 1 is 1.26 bits per heavy atom. The predicted octanol–water partition coefficient (Wildman–Crippen LogP) is 3.43. The summed E-state index contributed by atoms with van der Waals surface area (Å²) in [6, 6.07) is 8.12. The number of anilines is 2. The highest BCUT2D eigenvalue weighted by Crippen LogP contribution is 2.31. The molecule has 0 aliphatic carbocycles. The van der Waals surface area contributed by atoms with Crippen LogP contribution in [0, 0.1) is 5.41 Å². The number of rotatable bonds is 3. The first-order valence-electron chi connectivity index (χ1n) is 8.45. The maximum Gasteiger partial charge on any atom is 0.242 e. The van der Waals surface area contributed by atoms with Gasteiger partial charge in [0.25, 0.3) is 0 Å². The van der Waals surface area contributed by atoms with Crippen LogP contribution in [-0.2, 0) is 4.79 Å². The molecule has 0 bridgehead atoms. The molecule has 0 aromatic heterocycles. The van der Waals surface area contributed by atoms with E-state index in [1.807, 2.05) is 12.1 Å². The number of hydrogen-bond donors (Lipinski definition) is 2. The van der Waals surface area contributed by atoms with Crippen molar-refractivity contribution in [3.63, 3.8) is 0 Å². The second-order valence-corrected chi connectivity index (χ2v) is 7.21. The van der Waals surface area contributed by atoms with Crippen LogP contribution in [0.25, 0.3) is 0 Å². The fourth-order valence-electron chi connectivity index (χ4n) is 3.63. The van der Waals surface area contributed by atoms with Crippen LogP contribution in [0.4, 0.5) is 11.4 Å². The average molecular weight is 338 g/mol. The quantitative estimate of drug-likeness (QED) is 0.888. The van der Waals surface area contributed by atoms with Crippen molar-refractivity contribution in [2.75, 3.05) is 29.9 Å². The second kappa shape index (κ2) is 7.54. The molecule has 128 valence electrons. The van der Waals surface area contributed by atoms with Crippen molar-refractivity contribution >= 4 is 29.7 Å². The molecule has 5 heteroatoms. The summed E-state index contributed by atoms with van der Waals surface area (Å²) in [4.78, 5) is 15.0. The van der Waals surface area contributed by atoms with E-state index in [1.54, 1.807) is 0 Å². The number of hydrogen-bond acceptors (Lipinski definition) is 3. The van der Waals surface area contributed by atoms with Crippen molar-refractivity contribution in [1.29, 1.82) is 0 Å². The topological polar surface area (TPSA) is 44.4 Å². The SMILES string of the molecule is CC1(C)CCCNC1C(=O)Nc1cccc(N2CCCC2)c1.Cl. The molecule has 1 aromatic carbocycles. The van der Waals surface area contributed by atoms with Crippen molar-refractivity contribution in [2.24, 2.45) is 5.41 Å². The van der Waals surface area contributed by atoms with Crippen molar-refractivity contribution in [1.82, 2.24) is 5.32 Å². The van der Waals surface area contributed by atoms with Gasteiger partial charge in [0.05, 0.1) is 6.04 Å². The van der Waals surface area contributed by atoms with E-state index in [2.05, 4.69) is 41.5 Å². The second-order valence-electron chi connectivity index (χ2n) is 7.21. The zero-order valence-electron chi connectivity index (χ0n) is 14.1. The molecule has 1 atom stereocenters. The van der Waals surface area contributed by atoms with Gasteiger partial charge in [-0.15, -0.1) is 12.4 Å². The molecule has 1 unspecified atom stereocenters. The van der Waals surface area contributed by atoms with Crippen LogP contribution < -0.4 is 15.5 Å². The summed E-state index contributed by atoms with van der Waals surface area (Å²) < 4.78 is 0. The molecule has 23 heavy (non-hydrogen) atoms. The highest BCUT2D eigenvalue weighted by atomic mass is 35.5. The molecule has 2 aliphatic heterocycles. The van der Waals surface area contributed by atoms with Crippen molar-refractivity contribution in [2.45, 2.75) is 45.6 Å². The maximum atomic E-state index is 12.6. The summed E-state index contributed by atoms with van der Waals surface area (Å²) >= 11 is 0. The van der Waals surface area contributed by atoms with Crippen molar-refractivity contribution < 1.29 is 4.79 Å². The fraction of sp³-hybridized carbons (Fsp3) is 0.611. The van der Waals surface area contributed by atoms with Crippen LogP contribution in [0.2, 0.25) is 0 Å². The van der Waals surface area contributed by atoms with E-state index in [9.17, 15) is 4.79 Å². The molecular weight excluding hydrogens is 310 g/mol. The first-order valence-corrected chi connectivity index (χ1v) is 8.45. The minimum atomic E-state index is -0.114. The largest absolute Gasteiger partial charge is 0.371 e. The summed E-state index contributed by atoms with van der Waals surface area (Å²) in [5.74, 6) is 0.0864. The summed E-state index contributed by atoms with van der Waals surface area (Å²) in [6.45, 7) is 7.51. The smallest absolute Gasteiger partial charge is 0.242 e. The van der Waals surface area contributed by atoms with Gasteiger partial charge in [-0.25, -0.2) is 0 Å². The van der Waals surface area contributed by atoms with Crippen LogP contribution >= 0.6 is 12.4 Å². The van der Waals surface area contributed by atoms with Crippen LogP contribution in [0.15, 0.2) is 24.3 Å². The van der Waals surface area contributed by atoms with Gasteiger partial charge in [-0.3, -0.25) is 4.79 Å². The lowest BCUT2D eigenvalue weighted by molar-refractivity contribution is -0.121. The van der Waals surface area contributed by atoms with E-state index in [0.717, 1.165) is 38.2 Å². The molecule has 0 spiro atoms. The van der Waals surface area contributed by atoms with Gasteiger partial charge in [0.2, 0.25) is 5.91 Å². The molecule has 0 saturated carbocycles. The van der Waals surface area contributed by atoms with Gasteiger partial charge in [0.15, 0.2) is 0 Å². The van der Waals surface area contributed by atoms with Crippen LogP contribution in [0.1, 0.15) is 39.5 Å². The number of nitrogens with one attached hydrogen (secondary N) is 2. The third-order valence-corrected chi connectivity index (χ3v) is 4.97. The van der Waals surface area contributed by atoms with Crippen LogP contribution in [0.3, 0.4) is 0 Å². The van der Waals surface area contributed by atoms with E-state index >= 15 is 0 Å². The number of amides is 1. The first kappa shape index (κ1) is 18.1. The maximum absolute atomic E-state index is 12.6. The van der Waals surface area contributed by atoms with Gasteiger partial charge < -0.3 is 15.5 Å². The van der Waals surface area contributed by atoms with Gasteiger partial charge in [-0.2, -0.15) is 0 Å². The molecule has 4 nitrogen and oxygen atoms in total. The van der Waals surface area contributed by atoms with Gasteiger partial charge in [0, 0.05) is 24.5 Å². The molecular formula is C18H28ClN3O. The third-order valence-electron chi connectivity index (χ3n) is 4.97. The lowest BCUT2D eigenvalue weighted by atomic mass is 9.77. The molecule has 2 fully saturated rings. The Hall–Kier alpha value is -1.26. The first-order chi connectivity index (χ1) is 10.6. The summed E-state index contributed by atoms with van der Waals surface area (Å²) in [5.41, 5.74) is 2.12. The van der Waals surface area contributed by atoms with E-state index in [0.29, 0.717) is 0 Å². The zero-order valence-corrected chi connectivity index (χ0v) is 14.9. The lowest BCUT2D eigenvalue weighted by Gasteiger charge is -2.38. The zero-order chi connectivity index (χ0) is 15.6. The number of piperidine rings is 1. The highest BCUT2D eigenvalue weighted by Gasteiger charge is 2.37. The Morgan fingerprint density at radius 2 is 2.00 bits per heavy atom. The summed E-state index contributed by atoms with van der Waals surface area (Å²) in [6.07, 6.45) is 4.75. The Bertz CT molecular complexity index is 541. The molecule has 3 rings (SSSR count). The van der Waals surface area contributed by atoms with Gasteiger partial charge in [-0.1, -0.05) is 19.9 Å². The molecule has 2 heterocycles. The van der Waals surface area contributed by atoms with E-state index < -0.39 is 0 Å². The number of nitrogens with zero attached hydrogens (tertiary/aromatic N) is 1. The minimum Gasteiger partial charge on any atom is -0.371 e. The monoisotopic (exact) mass is 337 g/mol. The number of halogens is 1. The van der Waals surface area contributed by atoms with Crippen LogP contribution in [-0.4, -0.2) is 31.6 Å². The molecule has 1 aromatic rings. The van der Waals surface area contributed by atoms with Gasteiger partial charge in [-0.05, 0) is 55.8 Å². The number of benzene rings is 1.